The summed E-state index contributed by atoms with van der Waals surface area (Å²) in [6.07, 6.45) is 7.89. The molecule has 0 N–H and O–H groups in total. The molecule has 2 aliphatic carbocycles. The molecule has 7 aromatic carbocycles. The van der Waals surface area contributed by atoms with Gasteiger partial charge in [-0.15, -0.1) is 0 Å². The lowest BCUT2D eigenvalue weighted by molar-refractivity contribution is 0.661. The summed E-state index contributed by atoms with van der Waals surface area (Å²) in [5.74, 6) is 0.351. The van der Waals surface area contributed by atoms with Crippen molar-refractivity contribution in [2.45, 2.75) is 31.6 Å². The van der Waals surface area contributed by atoms with Crippen LogP contribution in [0.1, 0.15) is 42.9 Å². The third-order valence-electron chi connectivity index (χ3n) is 12.0. The van der Waals surface area contributed by atoms with Crippen LogP contribution in [0.4, 0.5) is 0 Å². The summed E-state index contributed by atoms with van der Waals surface area (Å²) in [6, 6.07) is 58.5. The number of allylic oxidation sites excluding steroid dienone is 4. The maximum Gasteiger partial charge on any atom is 0.0544 e. The van der Waals surface area contributed by atoms with E-state index in [1.165, 1.54) is 93.9 Å². The van der Waals surface area contributed by atoms with E-state index in [1.807, 2.05) is 0 Å². The van der Waals surface area contributed by atoms with Crippen LogP contribution in [0.3, 0.4) is 0 Å². The summed E-state index contributed by atoms with van der Waals surface area (Å²) >= 11 is 0. The highest BCUT2D eigenvalue weighted by atomic mass is 15.0. The molecule has 0 saturated carbocycles. The molecule has 0 fully saturated rings. The zero-order valence-electron chi connectivity index (χ0n) is 29.9. The highest BCUT2D eigenvalue weighted by molar-refractivity contribution is 6.15. The number of para-hydroxylation sites is 2. The lowest BCUT2D eigenvalue weighted by Crippen LogP contribution is -2.15. The van der Waals surface area contributed by atoms with Crippen molar-refractivity contribution in [3.63, 3.8) is 0 Å². The van der Waals surface area contributed by atoms with E-state index in [9.17, 15) is 0 Å². The number of aromatic nitrogens is 2. The first-order chi connectivity index (χ1) is 26.0. The van der Waals surface area contributed by atoms with Gasteiger partial charge in [0.1, 0.15) is 0 Å². The van der Waals surface area contributed by atoms with Crippen molar-refractivity contribution in [3.8, 4) is 27.9 Å². The SMILES string of the molecule is CC1(C)c2cc3c(cc2-c2cc4c5ccccc5n(-c5cccc(-c6ccccc6)c5)c4cc21)c1ccccc1n3C1=CC=CC(c2ccccc2)C1. The van der Waals surface area contributed by atoms with Crippen LogP contribution in [0.25, 0.3) is 77.2 Å². The van der Waals surface area contributed by atoms with Crippen molar-refractivity contribution < 1.29 is 0 Å². The first kappa shape index (κ1) is 30.3. The molecule has 11 rings (SSSR count). The molecule has 0 aliphatic heterocycles. The van der Waals surface area contributed by atoms with Gasteiger partial charge in [0.15, 0.2) is 0 Å². The molecule has 252 valence electrons. The van der Waals surface area contributed by atoms with Crippen molar-refractivity contribution in [3.05, 3.63) is 193 Å². The molecule has 2 heteroatoms. The lowest BCUT2D eigenvalue weighted by atomic mass is 9.82. The quantitative estimate of drug-likeness (QED) is 0.175. The second-order valence-electron chi connectivity index (χ2n) is 15.3. The van der Waals surface area contributed by atoms with E-state index in [4.69, 9.17) is 0 Å². The molecule has 2 heterocycles. The van der Waals surface area contributed by atoms with Crippen molar-refractivity contribution >= 4 is 49.3 Å². The van der Waals surface area contributed by atoms with E-state index in [1.54, 1.807) is 0 Å². The number of hydrogen-bond acceptors (Lipinski definition) is 0. The summed E-state index contributed by atoms with van der Waals surface area (Å²) in [5, 5.41) is 5.19. The van der Waals surface area contributed by atoms with E-state index >= 15 is 0 Å². The normalized spacial score (nSPS) is 16.0. The Labute approximate surface area is 309 Å². The largest absolute Gasteiger partial charge is 0.313 e. The standard InChI is InChI=1S/C51H38N2/c1-51(2)45-31-49-43(39-23-9-11-25-47(39)52(49)37-21-13-19-35(27-37)33-15-5-3-6-16-33)29-41(45)42-30-44-40-24-10-12-26-48(40)53(50(44)32-46(42)51)38-22-14-20-36(28-38)34-17-7-4-8-18-34/h3-27,29-32,36H,28H2,1-2H3. The molecule has 1 atom stereocenters. The van der Waals surface area contributed by atoms with Crippen LogP contribution < -0.4 is 0 Å². The first-order valence-electron chi connectivity index (χ1n) is 18.8. The maximum atomic E-state index is 2.54. The molecule has 0 bridgehead atoms. The highest BCUT2D eigenvalue weighted by Gasteiger charge is 2.37. The van der Waals surface area contributed by atoms with Gasteiger partial charge in [-0.2, -0.15) is 0 Å². The van der Waals surface area contributed by atoms with Gasteiger partial charge in [0, 0.05) is 44.3 Å². The smallest absolute Gasteiger partial charge is 0.0544 e. The molecule has 0 saturated heterocycles. The number of hydrogen-bond donors (Lipinski definition) is 0. The van der Waals surface area contributed by atoms with Gasteiger partial charge in [0.05, 0.1) is 22.1 Å². The lowest BCUT2D eigenvalue weighted by Gasteiger charge is -2.23. The van der Waals surface area contributed by atoms with Gasteiger partial charge in [-0.1, -0.05) is 135 Å². The van der Waals surface area contributed by atoms with E-state index in [0.717, 1.165) is 6.42 Å². The van der Waals surface area contributed by atoms with E-state index in [-0.39, 0.29) is 5.41 Å². The van der Waals surface area contributed by atoms with Gasteiger partial charge in [0.25, 0.3) is 0 Å². The first-order valence-corrected chi connectivity index (χ1v) is 18.8. The molecule has 2 nitrogen and oxygen atoms in total. The number of rotatable bonds is 4. The fraction of sp³-hybridized carbons (Fsp3) is 0.0980. The number of benzene rings is 7. The molecule has 2 aromatic heterocycles. The van der Waals surface area contributed by atoms with Crippen LogP contribution in [0.2, 0.25) is 0 Å². The van der Waals surface area contributed by atoms with Crippen molar-refractivity contribution in [2.75, 3.05) is 0 Å². The summed E-state index contributed by atoms with van der Waals surface area (Å²) < 4.78 is 5.02. The predicted octanol–water partition coefficient (Wildman–Crippen LogP) is 13.4. The fourth-order valence-corrected chi connectivity index (χ4v) is 9.46. The average molecular weight is 679 g/mol. The van der Waals surface area contributed by atoms with Crippen LogP contribution in [-0.2, 0) is 5.41 Å². The second kappa shape index (κ2) is 11.3. The van der Waals surface area contributed by atoms with Crippen molar-refractivity contribution in [1.82, 2.24) is 9.13 Å². The molecule has 2 aliphatic rings. The molecule has 9 aromatic rings. The zero-order valence-corrected chi connectivity index (χ0v) is 29.9. The second-order valence-corrected chi connectivity index (χ2v) is 15.3. The molecule has 0 spiro atoms. The monoisotopic (exact) mass is 678 g/mol. The Morgan fingerprint density at radius 3 is 1.74 bits per heavy atom. The zero-order chi connectivity index (χ0) is 35.3. The van der Waals surface area contributed by atoms with Gasteiger partial charge >= 0.3 is 0 Å². The third kappa shape index (κ3) is 4.45. The minimum atomic E-state index is -0.186. The van der Waals surface area contributed by atoms with Gasteiger partial charge in [-0.05, 0) is 100.0 Å². The Hall–Kier alpha value is -6.38. The summed E-state index contributed by atoms with van der Waals surface area (Å²) in [4.78, 5) is 0. The van der Waals surface area contributed by atoms with Gasteiger partial charge in [-0.25, -0.2) is 0 Å². The Bertz CT molecular complexity index is 2990. The highest BCUT2D eigenvalue weighted by Crippen LogP contribution is 2.53. The van der Waals surface area contributed by atoms with Crippen LogP contribution in [0.5, 0.6) is 0 Å². The maximum absolute atomic E-state index is 2.54. The molecule has 0 radical (unpaired) electrons. The average Bonchev–Trinajstić information content (AvgIpc) is 3.79. The fourth-order valence-electron chi connectivity index (χ4n) is 9.46. The Morgan fingerprint density at radius 1 is 0.491 bits per heavy atom. The van der Waals surface area contributed by atoms with Crippen LogP contribution in [0.15, 0.2) is 176 Å². The summed E-state index contributed by atoms with van der Waals surface area (Å²) in [7, 11) is 0. The van der Waals surface area contributed by atoms with E-state index in [2.05, 4.69) is 199 Å². The molecule has 0 amide bonds. The Morgan fingerprint density at radius 2 is 1.06 bits per heavy atom. The van der Waals surface area contributed by atoms with Crippen molar-refractivity contribution in [1.29, 1.82) is 0 Å². The topological polar surface area (TPSA) is 9.86 Å². The van der Waals surface area contributed by atoms with E-state index in [0.29, 0.717) is 5.92 Å². The number of fused-ring (bicyclic) bond motifs is 9. The van der Waals surface area contributed by atoms with Gasteiger partial charge in [-0.3, -0.25) is 0 Å². The van der Waals surface area contributed by atoms with Crippen LogP contribution in [0, 0.1) is 0 Å². The van der Waals surface area contributed by atoms with Crippen LogP contribution in [-0.4, -0.2) is 9.13 Å². The summed E-state index contributed by atoms with van der Waals surface area (Å²) in [6.45, 7) is 4.83. The summed E-state index contributed by atoms with van der Waals surface area (Å²) in [5.41, 5.74) is 16.7. The molecule has 53 heavy (non-hydrogen) atoms. The Kier molecular flexibility index (Phi) is 6.46. The number of nitrogens with zero attached hydrogens (tertiary/aromatic N) is 2. The van der Waals surface area contributed by atoms with E-state index < -0.39 is 0 Å². The van der Waals surface area contributed by atoms with Gasteiger partial charge < -0.3 is 9.13 Å². The van der Waals surface area contributed by atoms with Gasteiger partial charge in [0.2, 0.25) is 0 Å². The minimum absolute atomic E-state index is 0.186. The minimum Gasteiger partial charge on any atom is -0.313 e. The van der Waals surface area contributed by atoms with Crippen molar-refractivity contribution in [2.24, 2.45) is 0 Å². The predicted molar refractivity (Wildman–Crippen MR) is 224 cm³/mol. The molecular weight excluding hydrogens is 641 g/mol. The Balaban J connectivity index is 1.12. The molecule has 1 unspecified atom stereocenters. The third-order valence-corrected chi connectivity index (χ3v) is 12.0. The molecular formula is C51H38N2. The van der Waals surface area contributed by atoms with Crippen LogP contribution >= 0.6 is 0 Å².